The van der Waals surface area contributed by atoms with E-state index in [-0.39, 0.29) is 29.1 Å². The molecular weight excluding hydrogens is 364 g/mol. The number of benzene rings is 1. The number of nitrogens with one attached hydrogen (secondary N) is 1. The van der Waals surface area contributed by atoms with E-state index in [1.807, 2.05) is 51.7 Å². The van der Waals surface area contributed by atoms with Gasteiger partial charge >= 0.3 is 0 Å². The van der Waals surface area contributed by atoms with Gasteiger partial charge in [-0.25, -0.2) is 0 Å². The topological polar surface area (TPSA) is 93.0 Å². The largest absolute Gasteiger partial charge is 0.337 e. The fraction of sp³-hybridized carbons (Fsp3) is 0.500. The molecule has 1 aromatic carbocycles. The first-order chi connectivity index (χ1) is 12.7. The Balaban J connectivity index is 2.22. The molecule has 0 spiro atoms. The number of carbonyl (C=O) groups excluding carboxylic acids is 2. The van der Waals surface area contributed by atoms with Gasteiger partial charge in [0.25, 0.3) is 0 Å². The third kappa shape index (κ3) is 5.29. The van der Waals surface area contributed by atoms with Gasteiger partial charge in [0.15, 0.2) is 0 Å². The number of aromatic nitrogens is 4. The van der Waals surface area contributed by atoms with Crippen molar-refractivity contribution < 1.29 is 9.59 Å². The van der Waals surface area contributed by atoms with Crippen LogP contribution in [0, 0.1) is 0 Å². The summed E-state index contributed by atoms with van der Waals surface area (Å²) in [6, 6.07) is 7.45. The molecule has 1 N–H and O–H groups in total. The van der Waals surface area contributed by atoms with Crippen LogP contribution in [-0.4, -0.2) is 54.3 Å². The second-order valence-electron chi connectivity index (χ2n) is 6.80. The molecule has 9 heteroatoms. The van der Waals surface area contributed by atoms with Crippen LogP contribution in [0.3, 0.4) is 0 Å². The number of anilines is 1. The van der Waals surface area contributed by atoms with Gasteiger partial charge in [0.1, 0.15) is 0 Å². The van der Waals surface area contributed by atoms with Crippen LogP contribution < -0.4 is 5.32 Å². The normalized spacial score (nSPS) is 12.3. The lowest BCUT2D eigenvalue weighted by Crippen LogP contribution is -2.45. The highest BCUT2D eigenvalue weighted by Crippen LogP contribution is 2.26. The molecule has 0 aliphatic heterocycles. The third-order valence-corrected chi connectivity index (χ3v) is 4.87. The maximum Gasteiger partial charge on any atom is 0.236 e. The first-order valence-corrected chi connectivity index (χ1v) is 9.74. The summed E-state index contributed by atoms with van der Waals surface area (Å²) < 4.78 is 1.56. The van der Waals surface area contributed by atoms with Crippen LogP contribution in [0.5, 0.6) is 0 Å². The molecule has 1 unspecified atom stereocenters. The molecule has 0 radical (unpaired) electrons. The van der Waals surface area contributed by atoms with E-state index in [1.54, 1.807) is 16.8 Å². The number of amides is 2. The molecule has 146 valence electrons. The number of hydrogen-bond acceptors (Lipinski definition) is 6. The molecule has 0 aliphatic rings. The summed E-state index contributed by atoms with van der Waals surface area (Å²) in [5.41, 5.74) is 1.36. The van der Waals surface area contributed by atoms with Crippen molar-refractivity contribution in [3.8, 4) is 5.69 Å². The van der Waals surface area contributed by atoms with Crippen molar-refractivity contribution in [1.29, 1.82) is 0 Å². The molecule has 0 saturated heterocycles. The summed E-state index contributed by atoms with van der Waals surface area (Å²) in [5, 5.41) is 14.8. The molecule has 2 rings (SSSR count). The first-order valence-electron chi connectivity index (χ1n) is 8.86. The van der Waals surface area contributed by atoms with E-state index in [0.717, 1.165) is 0 Å². The standard InChI is InChI=1S/C18H26N6O2S/c1-11(2)23(12(3)4)17(26)13(5)27-18-20-21-22-24(18)16-9-7-8-15(10-16)19-14(6)25/h7-13H,1-6H3,(H,19,25). The van der Waals surface area contributed by atoms with Gasteiger partial charge < -0.3 is 10.2 Å². The summed E-state index contributed by atoms with van der Waals surface area (Å²) in [6.45, 7) is 11.3. The van der Waals surface area contributed by atoms with Gasteiger partial charge in [0.05, 0.1) is 10.9 Å². The van der Waals surface area contributed by atoms with Gasteiger partial charge in [-0.1, -0.05) is 17.8 Å². The van der Waals surface area contributed by atoms with Crippen LogP contribution in [0.2, 0.25) is 0 Å². The summed E-state index contributed by atoms with van der Waals surface area (Å²) >= 11 is 1.31. The van der Waals surface area contributed by atoms with E-state index in [9.17, 15) is 9.59 Å². The Morgan fingerprint density at radius 3 is 2.41 bits per heavy atom. The van der Waals surface area contributed by atoms with Crippen LogP contribution in [0.25, 0.3) is 5.69 Å². The highest BCUT2D eigenvalue weighted by molar-refractivity contribution is 8.00. The van der Waals surface area contributed by atoms with Crippen LogP contribution in [0.15, 0.2) is 29.4 Å². The highest BCUT2D eigenvalue weighted by atomic mass is 32.2. The van der Waals surface area contributed by atoms with E-state index >= 15 is 0 Å². The molecule has 0 fully saturated rings. The minimum absolute atomic E-state index is 0.0477. The van der Waals surface area contributed by atoms with Crippen molar-refractivity contribution in [3.05, 3.63) is 24.3 Å². The fourth-order valence-corrected chi connectivity index (χ4v) is 3.72. The summed E-state index contributed by atoms with van der Waals surface area (Å²) in [7, 11) is 0. The predicted octanol–water partition coefficient (Wildman–Crippen LogP) is 2.75. The van der Waals surface area contributed by atoms with Crippen molar-refractivity contribution in [2.24, 2.45) is 0 Å². The second-order valence-corrected chi connectivity index (χ2v) is 8.11. The maximum atomic E-state index is 12.9. The SMILES string of the molecule is CC(=O)Nc1cccc(-n2nnnc2SC(C)C(=O)N(C(C)C)C(C)C)c1. The third-order valence-electron chi connectivity index (χ3n) is 3.85. The Morgan fingerprint density at radius 1 is 1.15 bits per heavy atom. The van der Waals surface area contributed by atoms with Crippen LogP contribution in [0.4, 0.5) is 5.69 Å². The average molecular weight is 391 g/mol. The average Bonchev–Trinajstić information content (AvgIpc) is 3.01. The molecule has 1 atom stereocenters. The van der Waals surface area contributed by atoms with Crippen LogP contribution in [-0.2, 0) is 9.59 Å². The molecule has 2 aromatic rings. The van der Waals surface area contributed by atoms with Gasteiger partial charge in [-0.2, -0.15) is 4.68 Å². The number of thioether (sulfide) groups is 1. The van der Waals surface area contributed by atoms with E-state index in [1.165, 1.54) is 18.7 Å². The molecule has 0 bridgehead atoms. The Labute approximate surface area is 163 Å². The zero-order chi connectivity index (χ0) is 20.1. The number of rotatable bonds is 7. The minimum Gasteiger partial charge on any atom is -0.337 e. The van der Waals surface area contributed by atoms with Crippen molar-refractivity contribution >= 4 is 29.3 Å². The van der Waals surface area contributed by atoms with Gasteiger partial charge in [-0.3, -0.25) is 9.59 Å². The minimum atomic E-state index is -0.335. The van der Waals surface area contributed by atoms with Crippen molar-refractivity contribution in [2.45, 2.75) is 64.0 Å². The predicted molar refractivity (Wildman–Crippen MR) is 106 cm³/mol. The first kappa shape index (κ1) is 20.9. The molecular formula is C18H26N6O2S. The monoisotopic (exact) mass is 390 g/mol. The summed E-state index contributed by atoms with van der Waals surface area (Å²) in [6.07, 6.45) is 0. The lowest BCUT2D eigenvalue weighted by Gasteiger charge is -2.32. The number of nitrogens with zero attached hydrogens (tertiary/aromatic N) is 5. The van der Waals surface area contributed by atoms with E-state index in [4.69, 9.17) is 0 Å². The zero-order valence-corrected chi connectivity index (χ0v) is 17.3. The smallest absolute Gasteiger partial charge is 0.236 e. The quantitative estimate of drug-likeness (QED) is 0.731. The molecule has 27 heavy (non-hydrogen) atoms. The van der Waals surface area contributed by atoms with Gasteiger partial charge in [0.2, 0.25) is 17.0 Å². The lowest BCUT2D eigenvalue weighted by atomic mass is 10.2. The Morgan fingerprint density at radius 2 is 1.81 bits per heavy atom. The van der Waals surface area contributed by atoms with Crippen LogP contribution in [0.1, 0.15) is 41.5 Å². The molecule has 2 amide bonds. The molecule has 1 aromatic heterocycles. The van der Waals surface area contributed by atoms with E-state index < -0.39 is 0 Å². The zero-order valence-electron chi connectivity index (χ0n) is 16.5. The summed E-state index contributed by atoms with van der Waals surface area (Å²) in [5.74, 6) is -0.105. The van der Waals surface area contributed by atoms with Gasteiger partial charge in [-0.05, 0) is 63.2 Å². The highest BCUT2D eigenvalue weighted by Gasteiger charge is 2.27. The second kappa shape index (κ2) is 8.98. The number of tetrazole rings is 1. The summed E-state index contributed by atoms with van der Waals surface area (Å²) in [4.78, 5) is 26.0. The fourth-order valence-electron chi connectivity index (χ4n) is 2.86. The van der Waals surface area contributed by atoms with Crippen LogP contribution >= 0.6 is 11.8 Å². The molecule has 0 saturated carbocycles. The molecule has 8 nitrogen and oxygen atoms in total. The Bertz CT molecular complexity index is 797. The van der Waals surface area contributed by atoms with Gasteiger partial charge in [-0.15, -0.1) is 5.10 Å². The van der Waals surface area contributed by atoms with E-state index in [2.05, 4.69) is 20.8 Å². The van der Waals surface area contributed by atoms with Crippen molar-refractivity contribution in [3.63, 3.8) is 0 Å². The maximum absolute atomic E-state index is 12.9. The van der Waals surface area contributed by atoms with E-state index in [0.29, 0.717) is 16.5 Å². The Hall–Kier alpha value is -2.42. The lowest BCUT2D eigenvalue weighted by molar-refractivity contribution is -0.133. The van der Waals surface area contributed by atoms with Gasteiger partial charge in [0, 0.05) is 24.7 Å². The number of hydrogen-bond donors (Lipinski definition) is 1. The molecule has 0 aliphatic carbocycles. The van der Waals surface area contributed by atoms with Crippen molar-refractivity contribution in [1.82, 2.24) is 25.1 Å². The molecule has 1 heterocycles. The number of carbonyl (C=O) groups is 2. The van der Waals surface area contributed by atoms with Crippen molar-refractivity contribution in [2.75, 3.05) is 5.32 Å². The Kier molecular flexibility index (Phi) is 6.95.